The molecule has 3 nitrogen and oxygen atoms in total. The summed E-state index contributed by atoms with van der Waals surface area (Å²) in [7, 11) is 0. The van der Waals surface area contributed by atoms with Gasteiger partial charge >= 0.3 is 0 Å². The van der Waals surface area contributed by atoms with Crippen molar-refractivity contribution in [3.8, 4) is 0 Å². The van der Waals surface area contributed by atoms with E-state index < -0.39 is 0 Å². The van der Waals surface area contributed by atoms with Crippen LogP contribution in [0.2, 0.25) is 0 Å². The van der Waals surface area contributed by atoms with Crippen molar-refractivity contribution in [3.05, 3.63) is 54.1 Å². The maximum Gasteiger partial charge on any atom is 0.108 e. The molecule has 84 valence electrons. The van der Waals surface area contributed by atoms with E-state index in [4.69, 9.17) is 5.73 Å². The van der Waals surface area contributed by atoms with Crippen LogP contribution in [0.3, 0.4) is 0 Å². The first-order chi connectivity index (χ1) is 7.86. The Labute approximate surface area is 95.9 Å². The number of aryl methyl sites for hydroxylation is 1. The van der Waals surface area contributed by atoms with Crippen molar-refractivity contribution in [1.82, 2.24) is 9.55 Å². The topological polar surface area (TPSA) is 43.8 Å². The van der Waals surface area contributed by atoms with Crippen LogP contribution in [0.25, 0.3) is 0 Å². The van der Waals surface area contributed by atoms with Gasteiger partial charge in [-0.05, 0) is 5.56 Å². The van der Waals surface area contributed by atoms with Crippen LogP contribution in [-0.2, 0) is 6.42 Å². The lowest BCUT2D eigenvalue weighted by molar-refractivity contribution is 0.568. The largest absolute Gasteiger partial charge is 0.328 e. The summed E-state index contributed by atoms with van der Waals surface area (Å²) in [6, 6.07) is 10.5. The van der Waals surface area contributed by atoms with Gasteiger partial charge in [-0.1, -0.05) is 37.3 Å². The Bertz CT molecular complexity index is 433. The number of nitrogens with zero attached hydrogens (tertiary/aromatic N) is 2. The first-order valence-electron chi connectivity index (χ1n) is 5.63. The molecule has 0 spiro atoms. The summed E-state index contributed by atoms with van der Waals surface area (Å²) in [6.07, 6.45) is 4.77. The average molecular weight is 215 g/mol. The van der Waals surface area contributed by atoms with Crippen LogP contribution < -0.4 is 5.73 Å². The van der Waals surface area contributed by atoms with Crippen LogP contribution in [0, 0.1) is 0 Å². The van der Waals surface area contributed by atoms with Gasteiger partial charge < -0.3 is 10.3 Å². The van der Waals surface area contributed by atoms with Crippen molar-refractivity contribution in [2.45, 2.75) is 19.4 Å². The van der Waals surface area contributed by atoms with Gasteiger partial charge in [0.25, 0.3) is 0 Å². The van der Waals surface area contributed by atoms with Crippen molar-refractivity contribution in [3.63, 3.8) is 0 Å². The second-order valence-corrected chi connectivity index (χ2v) is 3.77. The first kappa shape index (κ1) is 10.9. The molecule has 3 heteroatoms. The van der Waals surface area contributed by atoms with Gasteiger partial charge in [-0.2, -0.15) is 0 Å². The molecule has 1 unspecified atom stereocenters. The van der Waals surface area contributed by atoms with E-state index in [1.54, 1.807) is 0 Å². The van der Waals surface area contributed by atoms with Crippen LogP contribution >= 0.6 is 0 Å². The normalized spacial score (nSPS) is 12.6. The maximum absolute atomic E-state index is 5.87. The highest BCUT2D eigenvalue weighted by Gasteiger charge is 2.13. The van der Waals surface area contributed by atoms with Crippen LogP contribution in [0.1, 0.15) is 24.4 Å². The Morgan fingerprint density at radius 3 is 2.69 bits per heavy atom. The molecule has 2 aromatic rings. The molecule has 2 N–H and O–H groups in total. The van der Waals surface area contributed by atoms with Crippen molar-refractivity contribution in [2.24, 2.45) is 5.73 Å². The van der Waals surface area contributed by atoms with E-state index in [9.17, 15) is 0 Å². The van der Waals surface area contributed by atoms with E-state index in [1.165, 1.54) is 5.56 Å². The minimum Gasteiger partial charge on any atom is -0.328 e. The number of imidazole rings is 1. The van der Waals surface area contributed by atoms with Crippen LogP contribution in [0.4, 0.5) is 0 Å². The average Bonchev–Trinajstić information content (AvgIpc) is 2.80. The van der Waals surface area contributed by atoms with Gasteiger partial charge in [0.2, 0.25) is 0 Å². The summed E-state index contributed by atoms with van der Waals surface area (Å²) < 4.78 is 2.16. The van der Waals surface area contributed by atoms with E-state index in [1.807, 2.05) is 30.6 Å². The van der Waals surface area contributed by atoms with Crippen molar-refractivity contribution >= 4 is 0 Å². The Morgan fingerprint density at radius 2 is 2.06 bits per heavy atom. The smallest absolute Gasteiger partial charge is 0.108 e. The molecule has 0 saturated heterocycles. The highest BCUT2D eigenvalue weighted by atomic mass is 15.1. The fraction of sp³-hybridized carbons (Fsp3) is 0.308. The summed E-state index contributed by atoms with van der Waals surface area (Å²) in [5.41, 5.74) is 7.10. The monoisotopic (exact) mass is 215 g/mol. The zero-order chi connectivity index (χ0) is 11.4. The molecule has 0 radical (unpaired) electrons. The Balaban J connectivity index is 2.37. The summed E-state index contributed by atoms with van der Waals surface area (Å²) in [6.45, 7) is 2.70. The van der Waals surface area contributed by atoms with Crippen LogP contribution in [-0.4, -0.2) is 16.1 Å². The van der Waals surface area contributed by atoms with E-state index in [0.717, 1.165) is 12.2 Å². The van der Waals surface area contributed by atoms with E-state index >= 15 is 0 Å². The fourth-order valence-corrected chi connectivity index (χ4v) is 1.99. The number of benzene rings is 1. The third kappa shape index (κ3) is 1.99. The van der Waals surface area contributed by atoms with E-state index in [2.05, 4.69) is 28.6 Å². The molecule has 16 heavy (non-hydrogen) atoms. The first-order valence-corrected chi connectivity index (χ1v) is 5.63. The quantitative estimate of drug-likeness (QED) is 0.847. The van der Waals surface area contributed by atoms with Gasteiger partial charge in [-0.25, -0.2) is 4.98 Å². The van der Waals surface area contributed by atoms with Gasteiger partial charge in [-0.15, -0.1) is 0 Å². The molecule has 0 fully saturated rings. The molecule has 0 amide bonds. The number of aromatic nitrogens is 2. The molecule has 1 heterocycles. The summed E-state index contributed by atoms with van der Waals surface area (Å²) in [4.78, 5) is 4.34. The van der Waals surface area contributed by atoms with Crippen molar-refractivity contribution in [2.75, 3.05) is 6.54 Å². The molecule has 0 aliphatic heterocycles. The standard InChI is InChI=1S/C13H17N3/c1-2-13-15-8-9-16(13)12(10-14)11-6-4-3-5-7-11/h3-9,12H,2,10,14H2,1H3. The van der Waals surface area contributed by atoms with Gasteiger partial charge in [0, 0.05) is 25.4 Å². The number of hydrogen-bond donors (Lipinski definition) is 1. The number of hydrogen-bond acceptors (Lipinski definition) is 2. The Morgan fingerprint density at radius 1 is 1.31 bits per heavy atom. The predicted octanol–water partition coefficient (Wildman–Crippen LogP) is 1.99. The van der Waals surface area contributed by atoms with Crippen molar-refractivity contribution in [1.29, 1.82) is 0 Å². The third-order valence-corrected chi connectivity index (χ3v) is 2.81. The van der Waals surface area contributed by atoms with Crippen LogP contribution in [0.15, 0.2) is 42.7 Å². The second-order valence-electron chi connectivity index (χ2n) is 3.77. The van der Waals surface area contributed by atoms with Crippen molar-refractivity contribution < 1.29 is 0 Å². The molecule has 0 bridgehead atoms. The lowest BCUT2D eigenvalue weighted by atomic mass is 10.1. The zero-order valence-corrected chi connectivity index (χ0v) is 9.50. The Kier molecular flexibility index (Phi) is 3.37. The number of rotatable bonds is 4. The number of nitrogens with two attached hydrogens (primary N) is 1. The highest BCUT2D eigenvalue weighted by molar-refractivity contribution is 5.21. The van der Waals surface area contributed by atoms with Gasteiger partial charge in [0.15, 0.2) is 0 Å². The third-order valence-electron chi connectivity index (χ3n) is 2.81. The minimum absolute atomic E-state index is 0.193. The maximum atomic E-state index is 5.87. The fourth-order valence-electron chi connectivity index (χ4n) is 1.99. The van der Waals surface area contributed by atoms with Gasteiger partial charge in [0.05, 0.1) is 6.04 Å². The molecular formula is C13H17N3. The van der Waals surface area contributed by atoms with Gasteiger partial charge in [-0.3, -0.25) is 0 Å². The summed E-state index contributed by atoms with van der Waals surface area (Å²) >= 11 is 0. The summed E-state index contributed by atoms with van der Waals surface area (Å²) in [5, 5.41) is 0. The minimum atomic E-state index is 0.193. The van der Waals surface area contributed by atoms with Gasteiger partial charge in [0.1, 0.15) is 5.82 Å². The zero-order valence-electron chi connectivity index (χ0n) is 9.50. The van der Waals surface area contributed by atoms with Crippen LogP contribution in [0.5, 0.6) is 0 Å². The Hall–Kier alpha value is -1.61. The molecule has 1 aromatic heterocycles. The molecule has 0 aliphatic carbocycles. The van der Waals surface area contributed by atoms with E-state index in [0.29, 0.717) is 6.54 Å². The lowest BCUT2D eigenvalue weighted by Gasteiger charge is -2.19. The summed E-state index contributed by atoms with van der Waals surface area (Å²) in [5.74, 6) is 1.08. The molecule has 0 aliphatic rings. The molecular weight excluding hydrogens is 198 g/mol. The molecule has 0 saturated carbocycles. The molecule has 1 atom stereocenters. The lowest BCUT2D eigenvalue weighted by Crippen LogP contribution is -2.21. The molecule has 1 aromatic carbocycles. The second kappa shape index (κ2) is 4.94. The predicted molar refractivity (Wildman–Crippen MR) is 65.2 cm³/mol. The molecule has 2 rings (SSSR count). The SMILES string of the molecule is CCc1nccn1C(CN)c1ccccc1. The van der Waals surface area contributed by atoms with E-state index in [-0.39, 0.29) is 6.04 Å². The highest BCUT2D eigenvalue weighted by Crippen LogP contribution is 2.18.